The van der Waals surface area contributed by atoms with Gasteiger partial charge in [-0.15, -0.1) is 0 Å². The van der Waals surface area contributed by atoms with Crippen LogP contribution in [0.15, 0.2) is 28.7 Å². The van der Waals surface area contributed by atoms with Crippen molar-refractivity contribution in [1.82, 2.24) is 5.32 Å². The van der Waals surface area contributed by atoms with E-state index >= 15 is 0 Å². The molecule has 3 nitrogen and oxygen atoms in total. The molecule has 1 aromatic rings. The van der Waals surface area contributed by atoms with Crippen molar-refractivity contribution < 1.29 is 9.84 Å². The Balaban J connectivity index is 1.68. The third-order valence-electron chi connectivity index (χ3n) is 2.94. The molecule has 0 aliphatic heterocycles. The summed E-state index contributed by atoms with van der Waals surface area (Å²) in [7, 11) is 0. The predicted molar refractivity (Wildman–Crippen MR) is 75.4 cm³/mol. The highest BCUT2D eigenvalue weighted by molar-refractivity contribution is 9.10. The number of nitrogens with one attached hydrogen (secondary N) is 1. The highest BCUT2D eigenvalue weighted by Crippen LogP contribution is 2.19. The Labute approximate surface area is 117 Å². The first-order chi connectivity index (χ1) is 8.55. The minimum Gasteiger partial charge on any atom is -0.386 e. The molecule has 1 saturated carbocycles. The molecule has 1 aromatic carbocycles. The fraction of sp³-hybridized carbons (Fsp3) is 0.571. The van der Waals surface area contributed by atoms with E-state index in [9.17, 15) is 5.11 Å². The summed E-state index contributed by atoms with van der Waals surface area (Å²) in [5, 5.41) is 13.4. The zero-order valence-electron chi connectivity index (χ0n) is 10.7. The van der Waals surface area contributed by atoms with Crippen molar-refractivity contribution >= 4 is 15.9 Å². The SMILES string of the molecule is CC(O)(CNC1CC1)COCc1ccc(Br)cc1. The Kier molecular flexibility index (Phi) is 4.78. The van der Waals surface area contributed by atoms with Crippen LogP contribution >= 0.6 is 15.9 Å². The van der Waals surface area contributed by atoms with Gasteiger partial charge in [-0.3, -0.25) is 0 Å². The molecule has 0 amide bonds. The normalized spacial score (nSPS) is 18.6. The van der Waals surface area contributed by atoms with Gasteiger partial charge in [0.25, 0.3) is 0 Å². The van der Waals surface area contributed by atoms with Gasteiger partial charge in [-0.25, -0.2) is 0 Å². The summed E-state index contributed by atoms with van der Waals surface area (Å²) < 4.78 is 6.63. The van der Waals surface area contributed by atoms with Crippen LogP contribution in [-0.4, -0.2) is 29.9 Å². The lowest BCUT2D eigenvalue weighted by Gasteiger charge is -2.23. The molecule has 18 heavy (non-hydrogen) atoms. The lowest BCUT2D eigenvalue weighted by Crippen LogP contribution is -2.42. The summed E-state index contributed by atoms with van der Waals surface area (Å²) >= 11 is 3.40. The summed E-state index contributed by atoms with van der Waals surface area (Å²) in [4.78, 5) is 0. The van der Waals surface area contributed by atoms with E-state index < -0.39 is 5.60 Å². The van der Waals surface area contributed by atoms with Crippen LogP contribution in [0.2, 0.25) is 0 Å². The monoisotopic (exact) mass is 313 g/mol. The van der Waals surface area contributed by atoms with Crippen LogP contribution < -0.4 is 5.32 Å². The highest BCUT2D eigenvalue weighted by atomic mass is 79.9. The average Bonchev–Trinajstić information content (AvgIpc) is 3.13. The molecule has 0 heterocycles. The van der Waals surface area contributed by atoms with Crippen molar-refractivity contribution in [2.24, 2.45) is 0 Å². The average molecular weight is 314 g/mol. The molecule has 0 saturated heterocycles. The number of hydrogen-bond donors (Lipinski definition) is 2. The summed E-state index contributed by atoms with van der Waals surface area (Å²) in [5.74, 6) is 0. The van der Waals surface area contributed by atoms with Crippen LogP contribution in [0, 0.1) is 0 Å². The fourth-order valence-corrected chi connectivity index (χ4v) is 1.94. The fourth-order valence-electron chi connectivity index (χ4n) is 1.67. The largest absolute Gasteiger partial charge is 0.386 e. The van der Waals surface area contributed by atoms with Gasteiger partial charge in [0.1, 0.15) is 0 Å². The maximum absolute atomic E-state index is 10.1. The molecular formula is C14H20BrNO2. The third kappa shape index (κ3) is 5.06. The highest BCUT2D eigenvalue weighted by Gasteiger charge is 2.26. The summed E-state index contributed by atoms with van der Waals surface area (Å²) in [5.41, 5.74) is 0.321. The van der Waals surface area contributed by atoms with Gasteiger partial charge in [-0.05, 0) is 37.5 Å². The maximum atomic E-state index is 10.1. The van der Waals surface area contributed by atoms with Gasteiger partial charge in [0.15, 0.2) is 0 Å². The molecule has 2 N–H and O–H groups in total. The second-order valence-electron chi connectivity index (χ2n) is 5.27. The first-order valence-electron chi connectivity index (χ1n) is 6.33. The van der Waals surface area contributed by atoms with Gasteiger partial charge < -0.3 is 15.2 Å². The third-order valence-corrected chi connectivity index (χ3v) is 3.47. The molecule has 1 aliphatic carbocycles. The first-order valence-corrected chi connectivity index (χ1v) is 7.12. The number of hydrogen-bond acceptors (Lipinski definition) is 3. The predicted octanol–water partition coefficient (Wildman–Crippen LogP) is 2.47. The number of ether oxygens (including phenoxy) is 1. The van der Waals surface area contributed by atoms with E-state index in [4.69, 9.17) is 4.74 Å². The van der Waals surface area contributed by atoms with Gasteiger partial charge >= 0.3 is 0 Å². The smallest absolute Gasteiger partial charge is 0.0975 e. The lowest BCUT2D eigenvalue weighted by atomic mass is 10.1. The molecule has 1 unspecified atom stereocenters. The molecule has 0 bridgehead atoms. The molecule has 1 aliphatic rings. The Hall–Kier alpha value is -0.420. The van der Waals surface area contributed by atoms with E-state index in [1.54, 1.807) is 0 Å². The van der Waals surface area contributed by atoms with Crippen molar-refractivity contribution in [3.05, 3.63) is 34.3 Å². The molecule has 2 rings (SSSR count). The molecule has 4 heteroatoms. The molecule has 1 atom stereocenters. The minimum absolute atomic E-state index is 0.350. The summed E-state index contributed by atoms with van der Waals surface area (Å²) in [6.45, 7) is 3.29. The van der Waals surface area contributed by atoms with Gasteiger partial charge in [0.2, 0.25) is 0 Å². The number of aliphatic hydroxyl groups is 1. The zero-order chi connectivity index (χ0) is 13.0. The Morgan fingerprint density at radius 1 is 1.39 bits per heavy atom. The number of halogens is 1. The van der Waals surface area contributed by atoms with Gasteiger partial charge in [0.05, 0.1) is 18.8 Å². The van der Waals surface area contributed by atoms with Crippen LogP contribution in [0.1, 0.15) is 25.3 Å². The van der Waals surface area contributed by atoms with Crippen molar-refractivity contribution in [3.63, 3.8) is 0 Å². The van der Waals surface area contributed by atoms with Crippen LogP contribution in [-0.2, 0) is 11.3 Å². The Morgan fingerprint density at radius 3 is 2.67 bits per heavy atom. The van der Waals surface area contributed by atoms with Gasteiger partial charge in [0, 0.05) is 17.1 Å². The Morgan fingerprint density at radius 2 is 2.06 bits per heavy atom. The van der Waals surface area contributed by atoms with E-state index in [2.05, 4.69) is 21.2 Å². The van der Waals surface area contributed by atoms with E-state index in [0.717, 1.165) is 10.0 Å². The van der Waals surface area contributed by atoms with Crippen molar-refractivity contribution in [2.75, 3.05) is 13.2 Å². The van der Waals surface area contributed by atoms with Crippen LogP contribution in [0.25, 0.3) is 0 Å². The van der Waals surface area contributed by atoms with Crippen molar-refractivity contribution in [2.45, 2.75) is 38.0 Å². The van der Waals surface area contributed by atoms with Crippen LogP contribution in [0.3, 0.4) is 0 Å². The molecule has 100 valence electrons. The van der Waals surface area contributed by atoms with E-state index in [-0.39, 0.29) is 0 Å². The van der Waals surface area contributed by atoms with E-state index in [1.807, 2.05) is 31.2 Å². The first kappa shape index (κ1) is 14.0. The second kappa shape index (κ2) is 6.15. The quantitative estimate of drug-likeness (QED) is 0.812. The minimum atomic E-state index is -0.794. The van der Waals surface area contributed by atoms with Gasteiger partial charge in [-0.1, -0.05) is 28.1 Å². The van der Waals surface area contributed by atoms with Crippen LogP contribution in [0.5, 0.6) is 0 Å². The molecule has 0 spiro atoms. The number of benzene rings is 1. The molecule has 0 aromatic heterocycles. The molecular weight excluding hydrogens is 294 g/mol. The number of rotatable bonds is 7. The lowest BCUT2D eigenvalue weighted by molar-refractivity contribution is -0.0382. The summed E-state index contributed by atoms with van der Waals surface area (Å²) in [6.07, 6.45) is 2.46. The molecule has 1 fully saturated rings. The van der Waals surface area contributed by atoms with Crippen LogP contribution in [0.4, 0.5) is 0 Å². The molecule has 0 radical (unpaired) electrons. The summed E-state index contributed by atoms with van der Waals surface area (Å²) in [6, 6.07) is 8.63. The Bertz CT molecular complexity index is 374. The van der Waals surface area contributed by atoms with E-state index in [1.165, 1.54) is 12.8 Å². The van der Waals surface area contributed by atoms with Gasteiger partial charge in [-0.2, -0.15) is 0 Å². The van der Waals surface area contributed by atoms with E-state index in [0.29, 0.717) is 25.8 Å². The van der Waals surface area contributed by atoms with Crippen molar-refractivity contribution in [1.29, 1.82) is 0 Å². The standard InChI is InChI=1S/C14H20BrNO2/c1-14(17,9-16-13-6-7-13)10-18-8-11-2-4-12(15)5-3-11/h2-5,13,16-17H,6-10H2,1H3. The topological polar surface area (TPSA) is 41.5 Å². The van der Waals surface area contributed by atoms with Crippen molar-refractivity contribution in [3.8, 4) is 0 Å². The maximum Gasteiger partial charge on any atom is 0.0975 e. The second-order valence-corrected chi connectivity index (χ2v) is 6.19. The zero-order valence-corrected chi connectivity index (χ0v) is 12.2.